The number of esters is 1. The number of rotatable bonds is 4. The molecule has 1 aromatic heterocycles. The summed E-state index contributed by atoms with van der Waals surface area (Å²) in [5.74, 6) is -0.771. The van der Waals surface area contributed by atoms with Gasteiger partial charge in [0.2, 0.25) is 0 Å². The van der Waals surface area contributed by atoms with Gasteiger partial charge in [-0.25, -0.2) is 9.78 Å². The SMILES string of the molecule is CCOC(=O)c1cccnc1NC1(C(F)(F)F)CC1. The minimum Gasteiger partial charge on any atom is -0.462 e. The summed E-state index contributed by atoms with van der Waals surface area (Å²) < 4.78 is 43.4. The van der Waals surface area contributed by atoms with Gasteiger partial charge in [-0.05, 0) is 31.9 Å². The maximum absolute atomic E-state index is 12.9. The van der Waals surface area contributed by atoms with E-state index in [1.807, 2.05) is 0 Å². The second kappa shape index (κ2) is 4.71. The van der Waals surface area contributed by atoms with E-state index in [1.165, 1.54) is 18.3 Å². The number of carbonyl (C=O) groups excluding carboxylic acids is 1. The van der Waals surface area contributed by atoms with E-state index in [9.17, 15) is 18.0 Å². The molecular formula is C12H13F3N2O2. The van der Waals surface area contributed by atoms with Gasteiger partial charge in [-0.1, -0.05) is 0 Å². The van der Waals surface area contributed by atoms with Gasteiger partial charge in [-0.2, -0.15) is 13.2 Å². The lowest BCUT2D eigenvalue weighted by Crippen LogP contribution is -2.39. The maximum Gasteiger partial charge on any atom is 0.411 e. The summed E-state index contributed by atoms with van der Waals surface area (Å²) in [6.45, 7) is 1.77. The summed E-state index contributed by atoms with van der Waals surface area (Å²) >= 11 is 0. The summed E-state index contributed by atoms with van der Waals surface area (Å²) in [6, 6.07) is 2.87. The van der Waals surface area contributed by atoms with Crippen molar-refractivity contribution in [2.24, 2.45) is 0 Å². The molecule has 1 heterocycles. The number of hydrogen-bond acceptors (Lipinski definition) is 4. The zero-order chi connectivity index (χ0) is 14.1. The summed E-state index contributed by atoms with van der Waals surface area (Å²) in [7, 11) is 0. The van der Waals surface area contributed by atoms with Crippen LogP contribution in [0.2, 0.25) is 0 Å². The fourth-order valence-electron chi connectivity index (χ4n) is 1.71. The highest BCUT2D eigenvalue weighted by atomic mass is 19.4. The molecule has 19 heavy (non-hydrogen) atoms. The van der Waals surface area contributed by atoms with E-state index in [0.29, 0.717) is 0 Å². The van der Waals surface area contributed by atoms with E-state index in [4.69, 9.17) is 4.74 Å². The Bertz CT molecular complexity index is 484. The molecule has 1 N–H and O–H groups in total. The molecule has 0 radical (unpaired) electrons. The van der Waals surface area contributed by atoms with Crippen LogP contribution in [0.5, 0.6) is 0 Å². The zero-order valence-corrected chi connectivity index (χ0v) is 10.3. The molecule has 4 nitrogen and oxygen atoms in total. The number of ether oxygens (including phenoxy) is 1. The van der Waals surface area contributed by atoms with Gasteiger partial charge >= 0.3 is 12.1 Å². The first-order valence-electron chi connectivity index (χ1n) is 5.87. The normalized spacial score (nSPS) is 16.8. The van der Waals surface area contributed by atoms with Crippen molar-refractivity contribution in [2.75, 3.05) is 11.9 Å². The van der Waals surface area contributed by atoms with Crippen molar-refractivity contribution in [1.82, 2.24) is 4.98 Å². The van der Waals surface area contributed by atoms with Crippen LogP contribution in [0, 0.1) is 0 Å². The Balaban J connectivity index is 2.24. The largest absolute Gasteiger partial charge is 0.462 e. The molecule has 7 heteroatoms. The Hall–Kier alpha value is -1.79. The van der Waals surface area contributed by atoms with Gasteiger partial charge in [0, 0.05) is 6.20 Å². The number of hydrogen-bond donors (Lipinski definition) is 1. The van der Waals surface area contributed by atoms with Crippen LogP contribution in [0.15, 0.2) is 18.3 Å². The van der Waals surface area contributed by atoms with Crippen molar-refractivity contribution in [3.05, 3.63) is 23.9 Å². The molecule has 0 bridgehead atoms. The fraction of sp³-hybridized carbons (Fsp3) is 0.500. The molecule has 2 rings (SSSR count). The Labute approximate surface area is 108 Å². The van der Waals surface area contributed by atoms with Crippen LogP contribution in [0.25, 0.3) is 0 Å². The fourth-order valence-corrected chi connectivity index (χ4v) is 1.71. The van der Waals surface area contributed by atoms with Gasteiger partial charge in [0.05, 0.1) is 6.61 Å². The minimum atomic E-state index is -4.36. The third-order valence-electron chi connectivity index (χ3n) is 2.95. The smallest absolute Gasteiger partial charge is 0.411 e. The Morgan fingerprint density at radius 3 is 2.74 bits per heavy atom. The third kappa shape index (κ3) is 2.64. The van der Waals surface area contributed by atoms with Gasteiger partial charge in [0.1, 0.15) is 16.9 Å². The highest BCUT2D eigenvalue weighted by Crippen LogP contribution is 2.51. The molecular weight excluding hydrogens is 261 g/mol. The van der Waals surface area contributed by atoms with E-state index in [2.05, 4.69) is 10.3 Å². The molecule has 0 amide bonds. The average molecular weight is 274 g/mol. The molecule has 0 aliphatic heterocycles. The van der Waals surface area contributed by atoms with Crippen molar-refractivity contribution < 1.29 is 22.7 Å². The number of pyridine rings is 1. The van der Waals surface area contributed by atoms with Crippen LogP contribution in [-0.4, -0.2) is 29.3 Å². The first kappa shape index (κ1) is 13.6. The van der Waals surface area contributed by atoms with Crippen molar-refractivity contribution >= 4 is 11.8 Å². The highest BCUT2D eigenvalue weighted by molar-refractivity contribution is 5.94. The topological polar surface area (TPSA) is 51.2 Å². The number of nitrogens with one attached hydrogen (secondary N) is 1. The third-order valence-corrected chi connectivity index (χ3v) is 2.95. The first-order valence-corrected chi connectivity index (χ1v) is 5.87. The molecule has 0 spiro atoms. The average Bonchev–Trinajstić information content (AvgIpc) is 3.10. The molecule has 0 unspecified atom stereocenters. The second-order valence-electron chi connectivity index (χ2n) is 4.32. The lowest BCUT2D eigenvalue weighted by molar-refractivity contribution is -0.151. The van der Waals surface area contributed by atoms with E-state index in [0.717, 1.165) is 0 Å². The lowest BCUT2D eigenvalue weighted by Gasteiger charge is -2.22. The standard InChI is InChI=1S/C12H13F3N2O2/c1-2-19-10(18)8-4-3-7-16-9(8)17-11(5-6-11)12(13,14)15/h3-4,7H,2,5-6H2,1H3,(H,16,17). The van der Waals surface area contributed by atoms with Gasteiger partial charge in [-0.3, -0.25) is 0 Å². The van der Waals surface area contributed by atoms with Crippen LogP contribution < -0.4 is 5.32 Å². The quantitative estimate of drug-likeness (QED) is 0.858. The van der Waals surface area contributed by atoms with Crippen LogP contribution in [0.4, 0.5) is 19.0 Å². The van der Waals surface area contributed by atoms with Crippen molar-refractivity contribution in [1.29, 1.82) is 0 Å². The van der Waals surface area contributed by atoms with Gasteiger partial charge in [0.25, 0.3) is 0 Å². The molecule has 1 fully saturated rings. The van der Waals surface area contributed by atoms with Crippen LogP contribution >= 0.6 is 0 Å². The molecule has 1 saturated carbocycles. The Morgan fingerprint density at radius 1 is 1.53 bits per heavy atom. The molecule has 0 saturated heterocycles. The number of carbonyl (C=O) groups is 1. The molecule has 0 aromatic carbocycles. The molecule has 0 atom stereocenters. The minimum absolute atomic E-state index is 0.0138. The number of halogens is 3. The predicted molar refractivity (Wildman–Crippen MR) is 61.8 cm³/mol. The Morgan fingerprint density at radius 2 is 2.21 bits per heavy atom. The highest BCUT2D eigenvalue weighted by Gasteiger charge is 2.64. The summed E-state index contributed by atoms with van der Waals surface area (Å²) in [5.41, 5.74) is -1.94. The lowest BCUT2D eigenvalue weighted by atomic mass is 10.2. The molecule has 1 aliphatic rings. The summed E-state index contributed by atoms with van der Waals surface area (Å²) in [4.78, 5) is 15.4. The monoisotopic (exact) mass is 274 g/mol. The van der Waals surface area contributed by atoms with E-state index in [1.54, 1.807) is 6.92 Å². The number of alkyl halides is 3. The molecule has 1 aromatic rings. The summed E-state index contributed by atoms with van der Waals surface area (Å²) in [6.07, 6.45) is -3.07. The predicted octanol–water partition coefficient (Wildman–Crippen LogP) is 2.77. The first-order chi connectivity index (χ1) is 8.89. The molecule has 1 aliphatic carbocycles. The van der Waals surface area contributed by atoms with Crippen LogP contribution in [0.1, 0.15) is 30.1 Å². The van der Waals surface area contributed by atoms with Gasteiger partial charge in [-0.15, -0.1) is 0 Å². The molecule has 104 valence electrons. The van der Waals surface area contributed by atoms with E-state index >= 15 is 0 Å². The number of nitrogens with zero attached hydrogens (tertiary/aromatic N) is 1. The van der Waals surface area contributed by atoms with E-state index < -0.39 is 17.7 Å². The van der Waals surface area contributed by atoms with Crippen LogP contribution in [-0.2, 0) is 4.74 Å². The zero-order valence-electron chi connectivity index (χ0n) is 10.3. The maximum atomic E-state index is 12.9. The number of aromatic nitrogens is 1. The van der Waals surface area contributed by atoms with Crippen LogP contribution in [0.3, 0.4) is 0 Å². The number of anilines is 1. The van der Waals surface area contributed by atoms with Crippen molar-refractivity contribution in [3.8, 4) is 0 Å². The van der Waals surface area contributed by atoms with Crippen molar-refractivity contribution in [3.63, 3.8) is 0 Å². The second-order valence-corrected chi connectivity index (χ2v) is 4.32. The summed E-state index contributed by atoms with van der Waals surface area (Å²) in [5, 5.41) is 2.34. The van der Waals surface area contributed by atoms with Gasteiger partial charge < -0.3 is 10.1 Å². The van der Waals surface area contributed by atoms with Crippen molar-refractivity contribution in [2.45, 2.75) is 31.5 Å². The van der Waals surface area contributed by atoms with E-state index in [-0.39, 0.29) is 30.8 Å². The Kier molecular flexibility index (Phi) is 3.38. The van der Waals surface area contributed by atoms with Gasteiger partial charge in [0.15, 0.2) is 0 Å².